The van der Waals surface area contributed by atoms with Crippen molar-refractivity contribution < 1.29 is 39.5 Å². The number of anilines is 2. The van der Waals surface area contributed by atoms with Gasteiger partial charge in [0.05, 0.1) is 21.8 Å². The van der Waals surface area contributed by atoms with Gasteiger partial charge < -0.3 is 5.32 Å². The zero-order valence-corrected chi connectivity index (χ0v) is 17.6. The Morgan fingerprint density at radius 1 is 0.909 bits per heavy atom. The lowest BCUT2D eigenvalue weighted by Gasteiger charge is -2.20. The van der Waals surface area contributed by atoms with E-state index in [0.29, 0.717) is 17.4 Å². The summed E-state index contributed by atoms with van der Waals surface area (Å²) in [6.45, 7) is 1.71. The van der Waals surface area contributed by atoms with E-state index in [1.807, 2.05) is 12.2 Å². The van der Waals surface area contributed by atoms with Crippen LogP contribution in [0.5, 0.6) is 0 Å². The van der Waals surface area contributed by atoms with Gasteiger partial charge in [0.25, 0.3) is 5.56 Å². The Hall–Kier alpha value is -2.44. The summed E-state index contributed by atoms with van der Waals surface area (Å²) >= 11 is 5.65. The van der Waals surface area contributed by atoms with Crippen LogP contribution in [0.15, 0.2) is 23.0 Å². The third-order valence-electron chi connectivity index (χ3n) is 4.49. The normalized spacial score (nSPS) is 12.8. The molecule has 1 N–H and O–H groups in total. The van der Waals surface area contributed by atoms with Crippen LogP contribution < -0.4 is 10.9 Å². The van der Waals surface area contributed by atoms with E-state index < -0.39 is 57.6 Å². The Labute approximate surface area is 186 Å². The fraction of sp³-hybridized carbons (Fsp3) is 0.474. The first-order chi connectivity index (χ1) is 15.1. The number of alkyl halides is 9. The van der Waals surface area contributed by atoms with Crippen LogP contribution in [0.3, 0.4) is 0 Å². The van der Waals surface area contributed by atoms with Crippen molar-refractivity contribution in [1.82, 2.24) is 9.55 Å². The molecule has 0 atom stereocenters. The van der Waals surface area contributed by atoms with Crippen LogP contribution in [0.2, 0.25) is 5.02 Å². The maximum Gasteiger partial charge on any atom is 0.433 e. The van der Waals surface area contributed by atoms with Crippen LogP contribution in [0.4, 0.5) is 51.1 Å². The second kappa shape index (κ2) is 9.82. The number of hydrogen-bond donors (Lipinski definition) is 1. The highest BCUT2D eigenvalue weighted by Crippen LogP contribution is 2.43. The molecular formula is C19H17ClF9N3O. The van der Waals surface area contributed by atoms with Crippen molar-refractivity contribution in [2.75, 3.05) is 5.32 Å². The number of nitrogens with zero attached hydrogens (tertiary/aromatic N) is 2. The molecule has 14 heteroatoms. The third-order valence-corrected chi connectivity index (χ3v) is 4.89. The Morgan fingerprint density at radius 3 is 2.06 bits per heavy atom. The molecule has 33 heavy (non-hydrogen) atoms. The molecule has 2 aromatic rings. The number of halogens is 10. The van der Waals surface area contributed by atoms with Crippen LogP contribution in [0.1, 0.15) is 49.4 Å². The number of benzene rings is 1. The minimum atomic E-state index is -5.30. The molecule has 1 aromatic heterocycles. The molecule has 184 valence electrons. The van der Waals surface area contributed by atoms with Crippen molar-refractivity contribution >= 4 is 23.2 Å². The summed E-state index contributed by atoms with van der Waals surface area (Å²) in [6.07, 6.45) is -13.2. The molecule has 0 saturated heterocycles. The van der Waals surface area contributed by atoms with Gasteiger partial charge in [0, 0.05) is 12.6 Å². The molecule has 1 aromatic carbocycles. The zero-order chi connectivity index (χ0) is 25.2. The van der Waals surface area contributed by atoms with Crippen LogP contribution in [0.25, 0.3) is 0 Å². The van der Waals surface area contributed by atoms with E-state index in [0.717, 1.165) is 12.8 Å². The van der Waals surface area contributed by atoms with Gasteiger partial charge in [-0.3, -0.25) is 9.36 Å². The fourth-order valence-electron chi connectivity index (χ4n) is 2.87. The van der Waals surface area contributed by atoms with Crippen molar-refractivity contribution in [3.05, 3.63) is 50.4 Å². The van der Waals surface area contributed by atoms with E-state index in [4.69, 9.17) is 11.6 Å². The predicted molar refractivity (Wildman–Crippen MR) is 102 cm³/mol. The van der Waals surface area contributed by atoms with Crippen LogP contribution >= 0.6 is 11.6 Å². The molecule has 4 nitrogen and oxygen atoms in total. The van der Waals surface area contributed by atoms with Gasteiger partial charge in [-0.1, -0.05) is 37.8 Å². The Morgan fingerprint density at radius 2 is 1.55 bits per heavy atom. The van der Waals surface area contributed by atoms with Crippen LogP contribution in [0, 0.1) is 0 Å². The highest BCUT2D eigenvalue weighted by Gasteiger charge is 2.40. The molecule has 1 heterocycles. The number of nitrogens with one attached hydrogen (secondary N) is 1. The molecule has 0 amide bonds. The van der Waals surface area contributed by atoms with Gasteiger partial charge in [0.15, 0.2) is 5.69 Å². The lowest BCUT2D eigenvalue weighted by atomic mass is 10.1. The summed E-state index contributed by atoms with van der Waals surface area (Å²) in [7, 11) is 0. The molecule has 2 rings (SSSR count). The number of aromatic nitrogens is 2. The van der Waals surface area contributed by atoms with Gasteiger partial charge in [0.1, 0.15) is 0 Å². The summed E-state index contributed by atoms with van der Waals surface area (Å²) < 4.78 is 119. The van der Waals surface area contributed by atoms with Gasteiger partial charge in [-0.25, -0.2) is 4.98 Å². The molecule has 0 aliphatic rings. The van der Waals surface area contributed by atoms with E-state index in [2.05, 4.69) is 4.98 Å². The van der Waals surface area contributed by atoms with Gasteiger partial charge >= 0.3 is 18.5 Å². The first-order valence-electron chi connectivity index (χ1n) is 9.49. The van der Waals surface area contributed by atoms with E-state index in [1.165, 1.54) is 0 Å². The third kappa shape index (κ3) is 6.78. The second-order valence-corrected chi connectivity index (χ2v) is 7.40. The van der Waals surface area contributed by atoms with Crippen molar-refractivity contribution in [2.45, 2.75) is 57.7 Å². The molecule has 0 unspecified atom stereocenters. The van der Waals surface area contributed by atoms with E-state index in [9.17, 15) is 44.3 Å². The summed E-state index contributed by atoms with van der Waals surface area (Å²) in [5.41, 5.74) is -7.46. The smallest absolute Gasteiger partial charge is 0.324 e. The number of hydrogen-bond acceptors (Lipinski definition) is 3. The zero-order valence-electron chi connectivity index (χ0n) is 16.8. The molecule has 0 fully saturated rings. The maximum atomic E-state index is 13.2. The van der Waals surface area contributed by atoms with Gasteiger partial charge in [-0.05, 0) is 18.6 Å². The summed E-state index contributed by atoms with van der Waals surface area (Å²) in [4.78, 5) is 15.5. The first-order valence-corrected chi connectivity index (χ1v) is 9.87. The number of unbranched alkanes of at least 4 members (excludes halogenated alkanes) is 3. The van der Waals surface area contributed by atoms with Crippen molar-refractivity contribution in [1.29, 1.82) is 0 Å². The summed E-state index contributed by atoms with van der Waals surface area (Å²) in [6, 6.07) is 0.177. The second-order valence-electron chi connectivity index (χ2n) is 7.02. The largest absolute Gasteiger partial charge is 0.433 e. The van der Waals surface area contributed by atoms with Crippen molar-refractivity contribution in [3.8, 4) is 0 Å². The molecule has 0 bridgehead atoms. The van der Waals surface area contributed by atoms with Crippen molar-refractivity contribution in [2.24, 2.45) is 0 Å². The topological polar surface area (TPSA) is 46.9 Å². The molecule has 0 saturated carbocycles. The monoisotopic (exact) mass is 509 g/mol. The Kier molecular flexibility index (Phi) is 7.98. The minimum absolute atomic E-state index is 0.172. The summed E-state index contributed by atoms with van der Waals surface area (Å²) in [5.74, 6) is -0.888. The van der Waals surface area contributed by atoms with E-state index in [1.54, 1.807) is 0 Å². The molecule has 0 spiro atoms. The predicted octanol–water partition coefficient (Wildman–Crippen LogP) is 7.28. The molecular weight excluding hydrogens is 493 g/mol. The quantitative estimate of drug-likeness (QED) is 0.315. The average molecular weight is 510 g/mol. The highest BCUT2D eigenvalue weighted by atomic mass is 35.5. The van der Waals surface area contributed by atoms with Crippen molar-refractivity contribution in [3.63, 3.8) is 0 Å². The summed E-state index contributed by atoms with van der Waals surface area (Å²) in [5, 5.41) is 0.757. The first kappa shape index (κ1) is 26.8. The standard InChI is InChI=1S/C19H17ClF9N3O/c1-2-3-4-5-6-32-14(33)9-13(19(27,28)29)31-16(32)30-12-8-10(17(21,22)23)7-11(15(12)20)18(24,25)26/h7-9H,2-6H2,1H3,(H,30,31). The Balaban J connectivity index is 2.66. The lowest BCUT2D eigenvalue weighted by Crippen LogP contribution is -2.27. The molecule has 0 aliphatic heterocycles. The van der Waals surface area contributed by atoms with Crippen LogP contribution in [-0.2, 0) is 25.1 Å². The minimum Gasteiger partial charge on any atom is -0.324 e. The van der Waals surface area contributed by atoms with Gasteiger partial charge in [-0.2, -0.15) is 39.5 Å². The van der Waals surface area contributed by atoms with E-state index >= 15 is 0 Å². The van der Waals surface area contributed by atoms with Crippen LogP contribution in [-0.4, -0.2) is 9.55 Å². The SMILES string of the molecule is CCCCCCn1c(Nc2cc(C(F)(F)F)cc(C(F)(F)F)c2Cl)nc(C(F)(F)F)cc1=O. The molecule has 0 radical (unpaired) electrons. The lowest BCUT2D eigenvalue weighted by molar-refractivity contribution is -0.143. The van der Waals surface area contributed by atoms with E-state index in [-0.39, 0.29) is 24.7 Å². The number of rotatable bonds is 7. The molecule has 0 aliphatic carbocycles. The maximum absolute atomic E-state index is 13.2. The van der Waals surface area contributed by atoms with Gasteiger partial charge in [-0.15, -0.1) is 0 Å². The highest BCUT2D eigenvalue weighted by molar-refractivity contribution is 6.34. The fourth-order valence-corrected chi connectivity index (χ4v) is 3.13. The van der Waals surface area contributed by atoms with Gasteiger partial charge in [0.2, 0.25) is 5.95 Å². The average Bonchev–Trinajstić information content (AvgIpc) is 2.65. The Bertz CT molecular complexity index is 1040.